The molecule has 1 heterocycles. The van der Waals surface area contributed by atoms with Crippen LogP contribution in [0.25, 0.3) is 0 Å². The third-order valence-corrected chi connectivity index (χ3v) is 5.46. The molecular formula is C14H16F10O3. The molecule has 3 atom stereocenters. The summed E-state index contributed by atoms with van der Waals surface area (Å²) in [6.45, 7) is -0.604. The van der Waals surface area contributed by atoms with E-state index in [1.807, 2.05) is 0 Å². The minimum Gasteiger partial charge on any atom is -0.378 e. The molecule has 0 spiro atoms. The molecule has 1 aliphatic carbocycles. The van der Waals surface area contributed by atoms with Gasteiger partial charge in [0.25, 0.3) is 0 Å². The molecule has 0 aromatic rings. The van der Waals surface area contributed by atoms with Gasteiger partial charge in [-0.15, -0.1) is 0 Å². The second-order valence-electron chi connectivity index (χ2n) is 7.02. The van der Waals surface area contributed by atoms with Crippen molar-refractivity contribution in [2.75, 3.05) is 0 Å². The number of hydrogen-bond donors (Lipinski definition) is 2. The summed E-state index contributed by atoms with van der Waals surface area (Å²) < 4.78 is 141. The monoisotopic (exact) mass is 422 g/mol. The Balaban J connectivity index is 2.84. The van der Waals surface area contributed by atoms with E-state index in [2.05, 4.69) is 4.74 Å². The number of aliphatic hydroxyl groups is 2. The molecule has 0 radical (unpaired) electrons. The molecule has 0 bridgehead atoms. The summed E-state index contributed by atoms with van der Waals surface area (Å²) in [7, 11) is 0. The minimum atomic E-state index is -6.62. The van der Waals surface area contributed by atoms with Crippen LogP contribution in [-0.2, 0) is 4.74 Å². The van der Waals surface area contributed by atoms with E-state index in [0.29, 0.717) is 6.42 Å². The van der Waals surface area contributed by atoms with E-state index in [9.17, 15) is 54.1 Å². The van der Waals surface area contributed by atoms with E-state index >= 15 is 0 Å². The van der Waals surface area contributed by atoms with Gasteiger partial charge in [0.05, 0.1) is 0 Å². The van der Waals surface area contributed by atoms with Crippen molar-refractivity contribution in [2.24, 2.45) is 5.92 Å². The Kier molecular flexibility index (Phi) is 4.87. The minimum absolute atomic E-state index is 0.0762. The Morgan fingerprint density at radius 1 is 0.778 bits per heavy atom. The lowest BCUT2D eigenvalue weighted by molar-refractivity contribution is -0.561. The molecule has 0 aromatic heterocycles. The summed E-state index contributed by atoms with van der Waals surface area (Å²) in [5.74, 6) is -20.4. The largest absolute Gasteiger partial charge is 0.449 e. The molecule has 27 heavy (non-hydrogen) atoms. The smallest absolute Gasteiger partial charge is 0.378 e. The maximum Gasteiger partial charge on any atom is 0.449 e. The van der Waals surface area contributed by atoms with Crippen molar-refractivity contribution in [2.45, 2.75) is 80.2 Å². The maximum absolute atomic E-state index is 14.8. The zero-order valence-corrected chi connectivity index (χ0v) is 13.7. The van der Waals surface area contributed by atoms with Crippen molar-refractivity contribution >= 4 is 0 Å². The first-order valence-electron chi connectivity index (χ1n) is 7.85. The van der Waals surface area contributed by atoms with Gasteiger partial charge in [-0.25, -0.2) is 0 Å². The Morgan fingerprint density at radius 3 is 1.59 bits per heavy atom. The highest BCUT2D eigenvalue weighted by Gasteiger charge is 2.95. The lowest BCUT2D eigenvalue weighted by Gasteiger charge is -2.60. The van der Waals surface area contributed by atoms with E-state index in [-0.39, 0.29) is 12.8 Å². The molecule has 2 fully saturated rings. The van der Waals surface area contributed by atoms with Crippen LogP contribution >= 0.6 is 0 Å². The predicted octanol–water partition coefficient (Wildman–Crippen LogP) is 4.17. The van der Waals surface area contributed by atoms with Crippen LogP contribution in [-0.4, -0.2) is 51.4 Å². The molecule has 2 rings (SSSR count). The van der Waals surface area contributed by atoms with Gasteiger partial charge in [-0.2, -0.15) is 43.9 Å². The quantitative estimate of drug-likeness (QED) is 0.624. The van der Waals surface area contributed by atoms with Crippen LogP contribution < -0.4 is 0 Å². The summed E-state index contributed by atoms with van der Waals surface area (Å²) in [5, 5.41) is 19.7. The van der Waals surface area contributed by atoms with Crippen LogP contribution in [0.15, 0.2) is 0 Å². The molecule has 2 aliphatic rings. The van der Waals surface area contributed by atoms with Gasteiger partial charge < -0.3 is 14.9 Å². The number of halogens is 10. The molecule has 13 heteroatoms. The van der Waals surface area contributed by atoms with Crippen LogP contribution in [0, 0.1) is 5.92 Å². The van der Waals surface area contributed by atoms with Crippen LogP contribution in [0.3, 0.4) is 0 Å². The topological polar surface area (TPSA) is 49.7 Å². The van der Waals surface area contributed by atoms with Crippen molar-refractivity contribution in [1.82, 2.24) is 0 Å². The Bertz CT molecular complexity index is 543. The van der Waals surface area contributed by atoms with Gasteiger partial charge in [-0.3, -0.25) is 0 Å². The molecule has 0 aromatic carbocycles. The van der Waals surface area contributed by atoms with Gasteiger partial charge in [0.15, 0.2) is 0 Å². The summed E-state index contributed by atoms with van der Waals surface area (Å²) in [6, 6.07) is 0. The lowest BCUT2D eigenvalue weighted by atomic mass is 9.62. The van der Waals surface area contributed by atoms with E-state index in [4.69, 9.17) is 0 Å². The molecule has 3 unspecified atom stereocenters. The van der Waals surface area contributed by atoms with E-state index in [1.54, 1.807) is 0 Å². The first-order chi connectivity index (χ1) is 11.8. The Morgan fingerprint density at radius 2 is 1.22 bits per heavy atom. The fourth-order valence-electron chi connectivity index (χ4n) is 3.75. The molecule has 1 saturated carbocycles. The van der Waals surface area contributed by atoms with Crippen molar-refractivity contribution in [3.63, 3.8) is 0 Å². The first kappa shape index (κ1) is 22.5. The van der Waals surface area contributed by atoms with E-state index < -0.39 is 66.9 Å². The van der Waals surface area contributed by atoms with Crippen LogP contribution in [0.4, 0.5) is 43.9 Å². The molecule has 160 valence electrons. The van der Waals surface area contributed by atoms with Gasteiger partial charge in [0.2, 0.25) is 11.2 Å². The van der Waals surface area contributed by atoms with Gasteiger partial charge in [0.1, 0.15) is 0 Å². The standard InChI is InChI=1S/C14H16F10O3/c1-8(13(19,20)21)10(15,16)9(25,7-5-3-2-4-6-7)11(17,18)12(26,27-8)14(22,23)24/h7,25-26H,2-6H2,1H3. The van der Waals surface area contributed by atoms with Crippen LogP contribution in [0.5, 0.6) is 0 Å². The Labute approximate surface area is 146 Å². The van der Waals surface area contributed by atoms with Crippen molar-refractivity contribution in [3.8, 4) is 0 Å². The number of alkyl halides is 10. The fourth-order valence-corrected chi connectivity index (χ4v) is 3.75. The normalized spacial score (nSPS) is 40.8. The highest BCUT2D eigenvalue weighted by molar-refractivity contribution is 5.24. The van der Waals surface area contributed by atoms with Gasteiger partial charge in [-0.05, 0) is 19.8 Å². The number of hydrogen-bond acceptors (Lipinski definition) is 3. The lowest BCUT2D eigenvalue weighted by Crippen LogP contribution is -2.88. The molecular weight excluding hydrogens is 406 g/mol. The second kappa shape index (κ2) is 5.85. The van der Waals surface area contributed by atoms with Gasteiger partial charge in [0, 0.05) is 5.92 Å². The van der Waals surface area contributed by atoms with E-state index in [0.717, 1.165) is 0 Å². The van der Waals surface area contributed by atoms with Crippen molar-refractivity contribution in [3.05, 3.63) is 0 Å². The third kappa shape index (κ3) is 2.53. The predicted molar refractivity (Wildman–Crippen MR) is 68.0 cm³/mol. The van der Waals surface area contributed by atoms with Gasteiger partial charge in [-0.1, -0.05) is 19.3 Å². The van der Waals surface area contributed by atoms with Crippen LogP contribution in [0.2, 0.25) is 0 Å². The molecule has 1 saturated heterocycles. The fraction of sp³-hybridized carbons (Fsp3) is 1.00. The molecule has 3 nitrogen and oxygen atoms in total. The van der Waals surface area contributed by atoms with E-state index in [1.165, 1.54) is 0 Å². The second-order valence-corrected chi connectivity index (χ2v) is 7.02. The maximum atomic E-state index is 14.8. The van der Waals surface area contributed by atoms with Crippen molar-refractivity contribution < 1.29 is 58.9 Å². The number of ether oxygens (including phenoxy) is 1. The summed E-state index contributed by atoms with van der Waals surface area (Å²) in [5.41, 5.74) is -10.4. The average Bonchev–Trinajstić information content (AvgIpc) is 2.50. The SMILES string of the molecule is CC1(C(F)(F)F)OC(O)(C(F)(F)F)C(F)(F)C(O)(C2CCCCC2)C1(F)F. The van der Waals surface area contributed by atoms with Crippen molar-refractivity contribution in [1.29, 1.82) is 0 Å². The zero-order chi connectivity index (χ0) is 21.3. The van der Waals surface area contributed by atoms with Crippen LogP contribution in [0.1, 0.15) is 39.0 Å². The Hall–Kier alpha value is -0.820. The number of rotatable bonds is 1. The third-order valence-electron chi connectivity index (χ3n) is 5.46. The van der Waals surface area contributed by atoms with Gasteiger partial charge >= 0.3 is 30.0 Å². The average molecular weight is 422 g/mol. The first-order valence-corrected chi connectivity index (χ1v) is 7.85. The highest BCUT2D eigenvalue weighted by Crippen LogP contribution is 2.67. The summed E-state index contributed by atoms with van der Waals surface area (Å²) >= 11 is 0. The molecule has 1 aliphatic heterocycles. The summed E-state index contributed by atoms with van der Waals surface area (Å²) in [6.07, 6.45) is -14.2. The highest BCUT2D eigenvalue weighted by atomic mass is 19.4. The summed E-state index contributed by atoms with van der Waals surface area (Å²) in [4.78, 5) is 0. The molecule has 0 amide bonds. The zero-order valence-electron chi connectivity index (χ0n) is 13.7. The molecule has 2 N–H and O–H groups in total.